The molecule has 0 spiro atoms. The summed E-state index contributed by atoms with van der Waals surface area (Å²) >= 11 is 0. The number of aliphatic imine (C=N–C) groups is 1. The molecule has 7 nitrogen and oxygen atoms in total. The van der Waals surface area contributed by atoms with Crippen LogP contribution >= 0.6 is 24.0 Å². The number of aryl methyl sites for hydroxylation is 1. The lowest BCUT2D eigenvalue weighted by atomic mass is 9.89. The van der Waals surface area contributed by atoms with Gasteiger partial charge in [-0.15, -0.1) is 24.0 Å². The molecule has 0 radical (unpaired) electrons. The summed E-state index contributed by atoms with van der Waals surface area (Å²) in [4.78, 5) is 17.0. The van der Waals surface area contributed by atoms with Crippen LogP contribution in [-0.4, -0.2) is 51.3 Å². The fourth-order valence-corrected chi connectivity index (χ4v) is 3.66. The van der Waals surface area contributed by atoms with Gasteiger partial charge in [0.2, 0.25) is 5.91 Å². The molecule has 0 unspecified atom stereocenters. The van der Waals surface area contributed by atoms with Crippen LogP contribution in [0.4, 0.5) is 0 Å². The lowest BCUT2D eigenvalue weighted by molar-refractivity contribution is -0.125. The Morgan fingerprint density at radius 3 is 2.53 bits per heavy atom. The topological polar surface area (TPSA) is 84.0 Å². The van der Waals surface area contributed by atoms with Crippen LogP contribution in [-0.2, 0) is 16.1 Å². The fraction of sp³-hybridized carbons (Fsp3) is 0.667. The highest BCUT2D eigenvalue weighted by Crippen LogP contribution is 2.23. The molecule has 3 N–H and O–H groups in total. The molecule has 1 saturated carbocycles. The van der Waals surface area contributed by atoms with E-state index in [1.165, 1.54) is 19.3 Å². The van der Waals surface area contributed by atoms with Gasteiger partial charge in [0.05, 0.1) is 13.2 Å². The predicted octanol–water partition coefficient (Wildman–Crippen LogP) is 3.78. The number of amides is 1. The average molecular weight is 561 g/mol. The molecule has 0 heterocycles. The number of hydrogen-bond donors (Lipinski definition) is 3. The minimum absolute atomic E-state index is 0. The van der Waals surface area contributed by atoms with E-state index < -0.39 is 0 Å². The summed E-state index contributed by atoms with van der Waals surface area (Å²) in [6.07, 6.45) is 5.64. The Morgan fingerprint density at radius 2 is 1.81 bits per heavy atom. The highest BCUT2D eigenvalue weighted by atomic mass is 127. The molecule has 0 saturated heterocycles. The Hall–Kier alpha value is -1.55. The maximum absolute atomic E-state index is 12.3. The van der Waals surface area contributed by atoms with E-state index in [1.807, 2.05) is 19.9 Å². The van der Waals surface area contributed by atoms with Gasteiger partial charge in [0.1, 0.15) is 12.4 Å². The Kier molecular flexibility index (Phi) is 15.1. The number of nitrogens with zero attached hydrogens (tertiary/aromatic N) is 1. The van der Waals surface area contributed by atoms with Gasteiger partial charge >= 0.3 is 0 Å². The minimum atomic E-state index is 0. The third-order valence-electron chi connectivity index (χ3n) is 5.36. The van der Waals surface area contributed by atoms with Gasteiger partial charge in [0.25, 0.3) is 0 Å². The standard InChI is InChI=1S/C24H40N4O3.HI/c1-4-25-24(27-14-13-26-23(29)20-9-7-6-8-10-20)28-18-21-12-11-19(3)17-22(21)31-16-15-30-5-2;/h11-12,17,20H,4-10,13-16,18H2,1-3H3,(H,26,29)(H2,25,27,28);1H. The van der Waals surface area contributed by atoms with Crippen molar-refractivity contribution >= 4 is 35.8 Å². The van der Waals surface area contributed by atoms with E-state index in [0.717, 1.165) is 42.2 Å². The SMILES string of the molecule is CCNC(=NCc1ccc(C)cc1OCCOCC)NCCNC(=O)C1CCCCC1.I. The molecule has 1 fully saturated rings. The van der Waals surface area contributed by atoms with E-state index in [2.05, 4.69) is 35.0 Å². The summed E-state index contributed by atoms with van der Waals surface area (Å²) < 4.78 is 11.3. The maximum atomic E-state index is 12.3. The summed E-state index contributed by atoms with van der Waals surface area (Å²) in [5.74, 6) is 1.96. The monoisotopic (exact) mass is 560 g/mol. The summed E-state index contributed by atoms with van der Waals surface area (Å²) in [6, 6.07) is 6.17. The summed E-state index contributed by atoms with van der Waals surface area (Å²) in [5.41, 5.74) is 2.18. The molecular formula is C24H41IN4O3. The Balaban J connectivity index is 0.00000512. The number of nitrogens with one attached hydrogen (secondary N) is 3. The second-order valence-corrected chi connectivity index (χ2v) is 7.90. The van der Waals surface area contributed by atoms with E-state index in [4.69, 9.17) is 14.5 Å². The number of rotatable bonds is 12. The van der Waals surface area contributed by atoms with E-state index in [9.17, 15) is 4.79 Å². The number of carbonyl (C=O) groups excluding carboxylic acids is 1. The second-order valence-electron chi connectivity index (χ2n) is 7.90. The van der Waals surface area contributed by atoms with Crippen molar-refractivity contribution in [2.45, 2.75) is 59.4 Å². The molecule has 1 aliphatic rings. The minimum Gasteiger partial charge on any atom is -0.491 e. The molecule has 0 atom stereocenters. The molecule has 1 amide bonds. The van der Waals surface area contributed by atoms with Crippen molar-refractivity contribution in [2.75, 3.05) is 39.5 Å². The first-order valence-electron chi connectivity index (χ1n) is 11.7. The van der Waals surface area contributed by atoms with Crippen LogP contribution < -0.4 is 20.7 Å². The Bertz CT molecular complexity index is 694. The quantitative estimate of drug-likeness (QED) is 0.157. The van der Waals surface area contributed by atoms with Gasteiger partial charge in [-0.2, -0.15) is 0 Å². The zero-order valence-corrected chi connectivity index (χ0v) is 22.2. The number of benzene rings is 1. The molecule has 8 heteroatoms. The average Bonchev–Trinajstić information content (AvgIpc) is 2.79. The maximum Gasteiger partial charge on any atom is 0.223 e. The van der Waals surface area contributed by atoms with Crippen molar-refractivity contribution in [3.8, 4) is 5.75 Å². The van der Waals surface area contributed by atoms with Gasteiger partial charge < -0.3 is 25.4 Å². The summed E-state index contributed by atoms with van der Waals surface area (Å²) in [7, 11) is 0. The lowest BCUT2D eigenvalue weighted by Crippen LogP contribution is -2.42. The van der Waals surface area contributed by atoms with Crippen LogP contribution in [0.1, 0.15) is 57.1 Å². The molecule has 0 aromatic heterocycles. The zero-order chi connectivity index (χ0) is 22.3. The molecule has 0 aliphatic heterocycles. The van der Waals surface area contributed by atoms with Crippen LogP contribution in [0.2, 0.25) is 0 Å². The molecule has 32 heavy (non-hydrogen) atoms. The Morgan fingerprint density at radius 1 is 1.06 bits per heavy atom. The highest BCUT2D eigenvalue weighted by molar-refractivity contribution is 14.0. The van der Waals surface area contributed by atoms with Crippen LogP contribution in [0.3, 0.4) is 0 Å². The van der Waals surface area contributed by atoms with Crippen LogP contribution in [0.5, 0.6) is 5.75 Å². The van der Waals surface area contributed by atoms with Crippen molar-refractivity contribution in [1.29, 1.82) is 0 Å². The van der Waals surface area contributed by atoms with Gasteiger partial charge in [-0.05, 0) is 45.2 Å². The summed E-state index contributed by atoms with van der Waals surface area (Å²) in [6.45, 7) is 10.4. The van der Waals surface area contributed by atoms with Crippen LogP contribution in [0.25, 0.3) is 0 Å². The zero-order valence-electron chi connectivity index (χ0n) is 19.9. The highest BCUT2D eigenvalue weighted by Gasteiger charge is 2.20. The van der Waals surface area contributed by atoms with Crippen molar-refractivity contribution in [2.24, 2.45) is 10.9 Å². The van der Waals surface area contributed by atoms with Gasteiger partial charge in [-0.3, -0.25) is 4.79 Å². The predicted molar refractivity (Wildman–Crippen MR) is 141 cm³/mol. The van der Waals surface area contributed by atoms with E-state index in [1.54, 1.807) is 0 Å². The van der Waals surface area contributed by atoms with Gasteiger partial charge in [-0.1, -0.05) is 31.4 Å². The van der Waals surface area contributed by atoms with Crippen LogP contribution in [0, 0.1) is 12.8 Å². The van der Waals surface area contributed by atoms with Crippen molar-refractivity contribution in [3.05, 3.63) is 29.3 Å². The number of guanidine groups is 1. The van der Waals surface area contributed by atoms with Gasteiger partial charge in [0.15, 0.2) is 5.96 Å². The molecule has 2 rings (SSSR count). The second kappa shape index (κ2) is 17.0. The molecular weight excluding hydrogens is 519 g/mol. The van der Waals surface area contributed by atoms with Gasteiger partial charge in [0, 0.05) is 37.7 Å². The van der Waals surface area contributed by atoms with E-state index in [0.29, 0.717) is 39.5 Å². The molecule has 0 bridgehead atoms. The first-order chi connectivity index (χ1) is 15.1. The van der Waals surface area contributed by atoms with E-state index >= 15 is 0 Å². The van der Waals surface area contributed by atoms with Crippen molar-refractivity contribution < 1.29 is 14.3 Å². The molecule has 1 aromatic rings. The van der Waals surface area contributed by atoms with E-state index in [-0.39, 0.29) is 35.8 Å². The number of carbonyl (C=O) groups is 1. The number of ether oxygens (including phenoxy) is 2. The molecule has 1 aliphatic carbocycles. The smallest absolute Gasteiger partial charge is 0.223 e. The number of halogens is 1. The third kappa shape index (κ3) is 10.8. The molecule has 182 valence electrons. The molecule has 1 aromatic carbocycles. The normalized spacial score (nSPS) is 14.4. The van der Waals surface area contributed by atoms with Crippen molar-refractivity contribution in [3.63, 3.8) is 0 Å². The Labute approximate surface area is 210 Å². The fourth-order valence-electron chi connectivity index (χ4n) is 3.66. The largest absolute Gasteiger partial charge is 0.491 e. The first kappa shape index (κ1) is 28.5. The summed E-state index contributed by atoms with van der Waals surface area (Å²) in [5, 5.41) is 9.62. The number of hydrogen-bond acceptors (Lipinski definition) is 4. The van der Waals surface area contributed by atoms with Crippen molar-refractivity contribution in [1.82, 2.24) is 16.0 Å². The third-order valence-corrected chi connectivity index (χ3v) is 5.36. The van der Waals surface area contributed by atoms with Gasteiger partial charge in [-0.25, -0.2) is 4.99 Å². The first-order valence-corrected chi connectivity index (χ1v) is 11.7. The van der Waals surface area contributed by atoms with Crippen LogP contribution in [0.15, 0.2) is 23.2 Å². The lowest BCUT2D eigenvalue weighted by Gasteiger charge is -2.21.